The minimum Gasteiger partial charge on any atom is -0.481 e. The highest BCUT2D eigenvalue weighted by Gasteiger charge is 2.24. The van der Waals surface area contributed by atoms with E-state index in [1.807, 2.05) is 10.9 Å². The predicted molar refractivity (Wildman–Crippen MR) is 57.8 cm³/mol. The average molecular weight is 226 g/mol. The summed E-state index contributed by atoms with van der Waals surface area (Å²) in [7, 11) is 0. The van der Waals surface area contributed by atoms with Crippen LogP contribution < -0.4 is 0 Å². The first-order valence-corrected chi connectivity index (χ1v) is 6.02. The van der Waals surface area contributed by atoms with Crippen LogP contribution in [0.15, 0.2) is 10.9 Å². The molecule has 0 unspecified atom stereocenters. The lowest BCUT2D eigenvalue weighted by atomic mass is 9.97. The minimum atomic E-state index is -0.650. The first-order valence-electron chi connectivity index (χ1n) is 5.08. The summed E-state index contributed by atoms with van der Waals surface area (Å²) in [6.45, 7) is 2.60. The Morgan fingerprint density at radius 1 is 1.60 bits per heavy atom. The van der Waals surface area contributed by atoms with Crippen molar-refractivity contribution in [1.82, 2.24) is 9.88 Å². The zero-order chi connectivity index (χ0) is 10.7. The molecule has 1 aromatic heterocycles. The molecule has 0 amide bonds. The van der Waals surface area contributed by atoms with Crippen molar-refractivity contribution < 1.29 is 9.90 Å². The smallest absolute Gasteiger partial charge is 0.306 e. The van der Waals surface area contributed by atoms with Crippen LogP contribution in [0.5, 0.6) is 0 Å². The van der Waals surface area contributed by atoms with Gasteiger partial charge in [-0.2, -0.15) is 0 Å². The molecular weight excluding hydrogens is 212 g/mol. The Morgan fingerprint density at radius 2 is 2.33 bits per heavy atom. The maximum absolute atomic E-state index is 10.7. The number of carbonyl (C=O) groups is 1. The third-order valence-corrected chi connectivity index (χ3v) is 3.44. The number of carboxylic acid groups (broad SMARTS) is 1. The Hall–Kier alpha value is -0.940. The maximum atomic E-state index is 10.7. The number of thiazole rings is 1. The van der Waals surface area contributed by atoms with Crippen LogP contribution >= 0.6 is 11.3 Å². The normalized spacial score (nSPS) is 19.2. The summed E-state index contributed by atoms with van der Waals surface area (Å²) >= 11 is 1.60. The summed E-state index contributed by atoms with van der Waals surface area (Å²) in [5.74, 6) is -0.792. The molecule has 1 saturated heterocycles. The second-order valence-corrected chi connectivity index (χ2v) is 4.59. The van der Waals surface area contributed by atoms with E-state index in [1.54, 1.807) is 11.3 Å². The molecule has 1 aromatic rings. The Morgan fingerprint density at radius 3 is 2.87 bits per heavy atom. The molecule has 0 bridgehead atoms. The summed E-state index contributed by atoms with van der Waals surface area (Å²) in [4.78, 5) is 17.2. The van der Waals surface area contributed by atoms with Crippen LogP contribution in [0.2, 0.25) is 0 Å². The van der Waals surface area contributed by atoms with E-state index in [2.05, 4.69) is 9.88 Å². The fourth-order valence-electron chi connectivity index (χ4n) is 1.88. The van der Waals surface area contributed by atoms with E-state index in [0.29, 0.717) is 0 Å². The minimum absolute atomic E-state index is 0.142. The lowest BCUT2D eigenvalue weighted by molar-refractivity contribution is -0.143. The molecule has 4 nitrogen and oxygen atoms in total. The summed E-state index contributed by atoms with van der Waals surface area (Å²) in [6.07, 6.45) is 1.53. The van der Waals surface area contributed by atoms with E-state index in [0.717, 1.165) is 38.2 Å². The largest absolute Gasteiger partial charge is 0.481 e. The molecule has 82 valence electrons. The van der Waals surface area contributed by atoms with Gasteiger partial charge in [-0.05, 0) is 25.9 Å². The lowest BCUT2D eigenvalue weighted by Crippen LogP contribution is -2.35. The molecular formula is C10H14N2O2S. The summed E-state index contributed by atoms with van der Waals surface area (Å²) < 4.78 is 0. The third-order valence-electron chi connectivity index (χ3n) is 2.81. The number of carboxylic acids is 1. The van der Waals surface area contributed by atoms with Crippen LogP contribution in [-0.2, 0) is 11.3 Å². The number of hydrogen-bond acceptors (Lipinski definition) is 4. The van der Waals surface area contributed by atoms with Gasteiger partial charge >= 0.3 is 5.97 Å². The number of likely N-dealkylation sites (tertiary alicyclic amines) is 1. The quantitative estimate of drug-likeness (QED) is 0.847. The van der Waals surface area contributed by atoms with E-state index in [4.69, 9.17) is 5.11 Å². The highest BCUT2D eigenvalue weighted by Crippen LogP contribution is 2.18. The third kappa shape index (κ3) is 2.76. The van der Waals surface area contributed by atoms with Gasteiger partial charge < -0.3 is 5.11 Å². The van der Waals surface area contributed by atoms with Crippen LogP contribution in [-0.4, -0.2) is 34.0 Å². The van der Waals surface area contributed by atoms with Gasteiger partial charge in [-0.3, -0.25) is 9.69 Å². The van der Waals surface area contributed by atoms with Crippen molar-refractivity contribution in [2.24, 2.45) is 5.92 Å². The standard InChI is InChI=1S/C10H14N2O2S/c13-10(14)8-1-3-12(4-2-8)5-9-6-15-7-11-9/h6-8H,1-5H2,(H,13,14). The number of piperidine rings is 1. The number of aliphatic carboxylic acids is 1. The van der Waals surface area contributed by atoms with Crippen molar-refractivity contribution in [3.05, 3.63) is 16.6 Å². The van der Waals surface area contributed by atoms with E-state index in [1.165, 1.54) is 0 Å². The fraction of sp³-hybridized carbons (Fsp3) is 0.600. The molecule has 2 heterocycles. The van der Waals surface area contributed by atoms with Crippen molar-refractivity contribution in [3.8, 4) is 0 Å². The Balaban J connectivity index is 1.81. The Labute approximate surface area is 92.6 Å². The second kappa shape index (κ2) is 4.72. The van der Waals surface area contributed by atoms with Gasteiger partial charge in [0.15, 0.2) is 0 Å². The number of nitrogens with zero attached hydrogens (tertiary/aromatic N) is 2. The molecule has 1 aliphatic heterocycles. The zero-order valence-corrected chi connectivity index (χ0v) is 9.24. The highest BCUT2D eigenvalue weighted by atomic mass is 32.1. The van der Waals surface area contributed by atoms with Gasteiger partial charge in [0, 0.05) is 11.9 Å². The SMILES string of the molecule is O=C(O)C1CCN(Cc2cscn2)CC1. The topological polar surface area (TPSA) is 53.4 Å². The summed E-state index contributed by atoms with van der Waals surface area (Å²) in [6, 6.07) is 0. The second-order valence-electron chi connectivity index (χ2n) is 3.87. The van der Waals surface area contributed by atoms with Gasteiger partial charge in [0.25, 0.3) is 0 Å². The molecule has 0 saturated carbocycles. The molecule has 5 heteroatoms. The Kier molecular flexibility index (Phi) is 3.33. The molecule has 0 spiro atoms. The molecule has 15 heavy (non-hydrogen) atoms. The van der Waals surface area contributed by atoms with Crippen molar-refractivity contribution in [3.63, 3.8) is 0 Å². The van der Waals surface area contributed by atoms with Gasteiger partial charge in [-0.25, -0.2) is 4.98 Å². The van der Waals surface area contributed by atoms with Crippen LogP contribution in [0.3, 0.4) is 0 Å². The Bertz CT molecular complexity index is 318. The first kappa shape index (κ1) is 10.6. The molecule has 2 rings (SSSR count). The van der Waals surface area contributed by atoms with Gasteiger partial charge in [0.1, 0.15) is 0 Å². The molecule has 1 aliphatic rings. The fourth-order valence-corrected chi connectivity index (χ4v) is 2.43. The molecule has 1 fully saturated rings. The van der Waals surface area contributed by atoms with E-state index in [-0.39, 0.29) is 5.92 Å². The summed E-state index contributed by atoms with van der Waals surface area (Å²) in [5, 5.41) is 10.9. The summed E-state index contributed by atoms with van der Waals surface area (Å²) in [5.41, 5.74) is 2.92. The average Bonchev–Trinajstić information content (AvgIpc) is 2.71. The van der Waals surface area contributed by atoms with Crippen LogP contribution in [0, 0.1) is 5.92 Å². The van der Waals surface area contributed by atoms with Gasteiger partial charge in [-0.15, -0.1) is 11.3 Å². The van der Waals surface area contributed by atoms with Gasteiger partial charge in [0.2, 0.25) is 0 Å². The number of hydrogen-bond donors (Lipinski definition) is 1. The first-order chi connectivity index (χ1) is 7.25. The maximum Gasteiger partial charge on any atom is 0.306 e. The van der Waals surface area contributed by atoms with E-state index < -0.39 is 5.97 Å². The van der Waals surface area contributed by atoms with Crippen LogP contribution in [0.1, 0.15) is 18.5 Å². The van der Waals surface area contributed by atoms with Crippen molar-refractivity contribution in [2.45, 2.75) is 19.4 Å². The molecule has 1 N–H and O–H groups in total. The van der Waals surface area contributed by atoms with Crippen LogP contribution in [0.4, 0.5) is 0 Å². The highest BCUT2D eigenvalue weighted by molar-refractivity contribution is 7.07. The predicted octanol–water partition coefficient (Wildman–Crippen LogP) is 1.44. The van der Waals surface area contributed by atoms with Crippen molar-refractivity contribution in [2.75, 3.05) is 13.1 Å². The van der Waals surface area contributed by atoms with Gasteiger partial charge in [-0.1, -0.05) is 0 Å². The van der Waals surface area contributed by atoms with E-state index in [9.17, 15) is 4.79 Å². The van der Waals surface area contributed by atoms with Crippen molar-refractivity contribution in [1.29, 1.82) is 0 Å². The zero-order valence-electron chi connectivity index (χ0n) is 8.43. The molecule has 0 radical (unpaired) electrons. The van der Waals surface area contributed by atoms with Crippen molar-refractivity contribution >= 4 is 17.3 Å². The molecule has 0 aliphatic carbocycles. The molecule has 0 atom stereocenters. The number of aromatic nitrogens is 1. The molecule has 0 aromatic carbocycles. The number of rotatable bonds is 3. The van der Waals surface area contributed by atoms with Crippen LogP contribution in [0.25, 0.3) is 0 Å². The monoisotopic (exact) mass is 226 g/mol. The lowest BCUT2D eigenvalue weighted by Gasteiger charge is -2.29. The van der Waals surface area contributed by atoms with Gasteiger partial charge in [0.05, 0.1) is 17.1 Å². The van der Waals surface area contributed by atoms with E-state index >= 15 is 0 Å².